The van der Waals surface area contributed by atoms with Crippen molar-refractivity contribution in [3.05, 3.63) is 23.2 Å². The summed E-state index contributed by atoms with van der Waals surface area (Å²) in [5, 5.41) is 4.30. The van der Waals surface area contributed by atoms with Gasteiger partial charge in [0.15, 0.2) is 0 Å². The Bertz CT molecular complexity index is 452. The third-order valence-electron chi connectivity index (χ3n) is 4.12. The van der Waals surface area contributed by atoms with Gasteiger partial charge < -0.3 is 15.0 Å². The predicted molar refractivity (Wildman–Crippen MR) is 81.5 cm³/mol. The van der Waals surface area contributed by atoms with Gasteiger partial charge in [-0.1, -0.05) is 18.5 Å². The average molecular weight is 283 g/mol. The number of piperazine rings is 1. The largest absolute Gasteiger partial charge is 0.495 e. The van der Waals surface area contributed by atoms with Gasteiger partial charge in [-0.3, -0.25) is 0 Å². The molecular formula is C15H23ClN2O. The SMILES string of the molecule is CCC1(C)CN(c2ccc(Cl)c(OC)c2)C(C)CN1. The van der Waals surface area contributed by atoms with Gasteiger partial charge in [0.25, 0.3) is 0 Å². The van der Waals surface area contributed by atoms with Gasteiger partial charge in [0.1, 0.15) is 5.75 Å². The first kappa shape index (κ1) is 14.5. The summed E-state index contributed by atoms with van der Waals surface area (Å²) in [7, 11) is 1.66. The van der Waals surface area contributed by atoms with Crippen LogP contribution in [0.2, 0.25) is 5.02 Å². The summed E-state index contributed by atoms with van der Waals surface area (Å²) in [4.78, 5) is 2.43. The highest BCUT2D eigenvalue weighted by Crippen LogP contribution is 2.32. The summed E-state index contributed by atoms with van der Waals surface area (Å²) in [5.41, 5.74) is 1.34. The van der Waals surface area contributed by atoms with Crippen molar-refractivity contribution in [2.24, 2.45) is 0 Å². The normalized spacial score (nSPS) is 27.4. The van der Waals surface area contributed by atoms with Crippen LogP contribution in [-0.2, 0) is 0 Å². The number of rotatable bonds is 3. The summed E-state index contributed by atoms with van der Waals surface area (Å²) in [6.07, 6.45) is 1.11. The maximum absolute atomic E-state index is 6.10. The Labute approximate surface area is 120 Å². The highest BCUT2D eigenvalue weighted by molar-refractivity contribution is 6.32. The molecule has 1 heterocycles. The van der Waals surface area contributed by atoms with Gasteiger partial charge in [0, 0.05) is 36.4 Å². The molecule has 0 spiro atoms. The van der Waals surface area contributed by atoms with Crippen LogP contribution >= 0.6 is 11.6 Å². The number of anilines is 1. The van der Waals surface area contributed by atoms with Crippen molar-refractivity contribution >= 4 is 17.3 Å². The zero-order valence-corrected chi connectivity index (χ0v) is 12.9. The summed E-state index contributed by atoms with van der Waals surface area (Å²) in [6.45, 7) is 8.73. The fraction of sp³-hybridized carbons (Fsp3) is 0.600. The maximum Gasteiger partial charge on any atom is 0.139 e. The molecule has 2 rings (SSSR count). The highest BCUT2D eigenvalue weighted by atomic mass is 35.5. The number of nitrogens with zero attached hydrogens (tertiary/aromatic N) is 1. The lowest BCUT2D eigenvalue weighted by atomic mass is 9.93. The third-order valence-corrected chi connectivity index (χ3v) is 4.43. The first-order valence-electron chi connectivity index (χ1n) is 6.84. The van der Waals surface area contributed by atoms with Crippen LogP contribution in [0.3, 0.4) is 0 Å². The molecule has 3 nitrogen and oxygen atoms in total. The fourth-order valence-electron chi connectivity index (χ4n) is 2.50. The molecule has 1 fully saturated rings. The number of methoxy groups -OCH3 is 1. The number of hydrogen-bond acceptors (Lipinski definition) is 3. The van der Waals surface area contributed by atoms with Crippen LogP contribution in [0.5, 0.6) is 5.75 Å². The highest BCUT2D eigenvalue weighted by Gasteiger charge is 2.32. The van der Waals surface area contributed by atoms with Crippen LogP contribution in [0.25, 0.3) is 0 Å². The molecule has 0 amide bonds. The minimum absolute atomic E-state index is 0.166. The van der Waals surface area contributed by atoms with E-state index in [1.807, 2.05) is 12.1 Å². The molecule has 1 saturated heterocycles. The Morgan fingerprint density at radius 2 is 2.26 bits per heavy atom. The molecule has 1 aliphatic heterocycles. The van der Waals surface area contributed by atoms with Crippen molar-refractivity contribution in [1.29, 1.82) is 0 Å². The quantitative estimate of drug-likeness (QED) is 0.920. The smallest absolute Gasteiger partial charge is 0.139 e. The van der Waals surface area contributed by atoms with Crippen molar-refractivity contribution in [3.63, 3.8) is 0 Å². The molecule has 19 heavy (non-hydrogen) atoms. The standard InChI is InChI=1S/C15H23ClN2O/c1-5-15(3)10-18(11(2)9-17-15)12-6-7-13(16)14(8-12)19-4/h6-8,11,17H,5,9-10H2,1-4H3. The van der Waals surface area contributed by atoms with E-state index in [9.17, 15) is 0 Å². The molecule has 0 bridgehead atoms. The Morgan fingerprint density at radius 3 is 2.89 bits per heavy atom. The topological polar surface area (TPSA) is 24.5 Å². The van der Waals surface area contributed by atoms with E-state index in [1.54, 1.807) is 7.11 Å². The first-order valence-corrected chi connectivity index (χ1v) is 7.22. The molecule has 1 aromatic rings. The third kappa shape index (κ3) is 2.98. The van der Waals surface area contributed by atoms with Crippen LogP contribution in [0.1, 0.15) is 27.2 Å². The summed E-state index contributed by atoms with van der Waals surface area (Å²) in [5.74, 6) is 0.739. The van der Waals surface area contributed by atoms with E-state index in [0.717, 1.165) is 25.3 Å². The number of benzene rings is 1. The Hall–Kier alpha value is -0.930. The van der Waals surface area contributed by atoms with E-state index in [0.29, 0.717) is 11.1 Å². The van der Waals surface area contributed by atoms with E-state index in [2.05, 4.69) is 37.1 Å². The van der Waals surface area contributed by atoms with E-state index < -0.39 is 0 Å². The molecule has 1 aromatic carbocycles. The van der Waals surface area contributed by atoms with Crippen LogP contribution < -0.4 is 15.0 Å². The second kappa shape index (κ2) is 5.59. The number of hydrogen-bond donors (Lipinski definition) is 1. The molecular weight excluding hydrogens is 260 g/mol. The van der Waals surface area contributed by atoms with Crippen molar-refractivity contribution < 1.29 is 4.74 Å². The summed E-state index contributed by atoms with van der Waals surface area (Å²) >= 11 is 6.10. The van der Waals surface area contributed by atoms with E-state index in [4.69, 9.17) is 16.3 Å². The summed E-state index contributed by atoms with van der Waals surface area (Å²) < 4.78 is 5.32. The molecule has 0 aliphatic carbocycles. The van der Waals surface area contributed by atoms with Gasteiger partial charge in [-0.05, 0) is 32.4 Å². The van der Waals surface area contributed by atoms with Crippen molar-refractivity contribution in [2.75, 3.05) is 25.1 Å². The van der Waals surface area contributed by atoms with E-state index >= 15 is 0 Å². The van der Waals surface area contributed by atoms with Gasteiger partial charge in [0.05, 0.1) is 12.1 Å². The van der Waals surface area contributed by atoms with Crippen molar-refractivity contribution in [1.82, 2.24) is 5.32 Å². The molecule has 1 N–H and O–H groups in total. The van der Waals surface area contributed by atoms with Gasteiger partial charge in [0.2, 0.25) is 0 Å². The molecule has 0 saturated carbocycles. The molecule has 4 heteroatoms. The average Bonchev–Trinajstić information content (AvgIpc) is 2.42. The van der Waals surface area contributed by atoms with Gasteiger partial charge in [-0.2, -0.15) is 0 Å². The van der Waals surface area contributed by atoms with Gasteiger partial charge in [-0.25, -0.2) is 0 Å². The maximum atomic E-state index is 6.10. The molecule has 1 aliphatic rings. The molecule has 2 atom stereocenters. The lowest BCUT2D eigenvalue weighted by Crippen LogP contribution is -2.62. The second-order valence-corrected chi connectivity index (χ2v) is 6.00. The number of ether oxygens (including phenoxy) is 1. The van der Waals surface area contributed by atoms with Crippen molar-refractivity contribution in [3.8, 4) is 5.75 Å². The van der Waals surface area contributed by atoms with Gasteiger partial charge in [-0.15, -0.1) is 0 Å². The fourth-order valence-corrected chi connectivity index (χ4v) is 2.70. The lowest BCUT2D eigenvalue weighted by Gasteiger charge is -2.46. The molecule has 0 aromatic heterocycles. The lowest BCUT2D eigenvalue weighted by molar-refractivity contribution is 0.285. The minimum Gasteiger partial charge on any atom is -0.495 e. The Balaban J connectivity index is 2.28. The minimum atomic E-state index is 0.166. The van der Waals surface area contributed by atoms with E-state index in [1.165, 1.54) is 5.69 Å². The van der Waals surface area contributed by atoms with Crippen molar-refractivity contribution in [2.45, 2.75) is 38.8 Å². The van der Waals surface area contributed by atoms with E-state index in [-0.39, 0.29) is 5.54 Å². The van der Waals surface area contributed by atoms with Crippen LogP contribution in [0, 0.1) is 0 Å². The first-order chi connectivity index (χ1) is 8.99. The van der Waals surface area contributed by atoms with Crippen LogP contribution in [-0.4, -0.2) is 31.8 Å². The van der Waals surface area contributed by atoms with Gasteiger partial charge >= 0.3 is 0 Å². The Morgan fingerprint density at radius 1 is 1.53 bits per heavy atom. The van der Waals surface area contributed by atoms with Crippen LogP contribution in [0.4, 0.5) is 5.69 Å². The Kier molecular flexibility index (Phi) is 4.26. The predicted octanol–water partition coefficient (Wildman–Crippen LogP) is 3.32. The zero-order valence-electron chi connectivity index (χ0n) is 12.2. The van der Waals surface area contributed by atoms with Crippen LogP contribution in [0.15, 0.2) is 18.2 Å². The second-order valence-electron chi connectivity index (χ2n) is 5.59. The zero-order chi connectivity index (χ0) is 14.0. The number of halogens is 1. The molecule has 106 valence electrons. The molecule has 0 radical (unpaired) electrons. The summed E-state index contributed by atoms with van der Waals surface area (Å²) in [6, 6.07) is 6.47. The number of nitrogens with one attached hydrogen (secondary N) is 1. The monoisotopic (exact) mass is 282 g/mol. The molecule has 2 unspecified atom stereocenters.